The van der Waals surface area contributed by atoms with Gasteiger partial charge in [0.2, 0.25) is 0 Å². The van der Waals surface area contributed by atoms with Gasteiger partial charge < -0.3 is 9.88 Å². The second-order valence-electron chi connectivity index (χ2n) is 8.07. The lowest BCUT2D eigenvalue weighted by Gasteiger charge is -2.57. The van der Waals surface area contributed by atoms with Crippen molar-refractivity contribution in [2.45, 2.75) is 69.5 Å². The smallest absolute Gasteiger partial charge is 0.0951 e. The Balaban J connectivity index is 1.33. The van der Waals surface area contributed by atoms with Crippen LogP contribution >= 0.6 is 0 Å². The zero-order valence-electron chi connectivity index (χ0n) is 12.2. The summed E-state index contributed by atoms with van der Waals surface area (Å²) in [6.45, 7) is 1.03. The van der Waals surface area contributed by atoms with Crippen molar-refractivity contribution in [3.63, 3.8) is 0 Å². The monoisotopic (exact) mass is 271 g/mol. The maximum Gasteiger partial charge on any atom is 0.0951 e. The first-order chi connectivity index (χ1) is 9.80. The molecule has 5 fully saturated rings. The Hall–Kier alpha value is -0.830. The number of nitrogens with one attached hydrogen (secondary N) is 1. The molecular formula is C17H25N3. The summed E-state index contributed by atoms with van der Waals surface area (Å²) in [6, 6.07) is 0.755. The first-order valence-electron chi connectivity index (χ1n) is 8.55. The lowest BCUT2D eigenvalue weighted by atomic mass is 9.53. The second kappa shape index (κ2) is 4.09. The van der Waals surface area contributed by atoms with Crippen molar-refractivity contribution in [1.82, 2.24) is 14.9 Å². The molecular weight excluding hydrogens is 246 g/mol. The van der Waals surface area contributed by atoms with Gasteiger partial charge in [0.05, 0.1) is 12.0 Å². The Bertz CT molecular complexity index is 479. The average molecular weight is 271 g/mol. The Morgan fingerprint density at radius 3 is 2.35 bits per heavy atom. The van der Waals surface area contributed by atoms with Crippen LogP contribution in [0.15, 0.2) is 12.5 Å². The lowest BCUT2D eigenvalue weighted by Crippen LogP contribution is -2.58. The van der Waals surface area contributed by atoms with Gasteiger partial charge in [-0.25, -0.2) is 4.98 Å². The predicted molar refractivity (Wildman–Crippen MR) is 78.2 cm³/mol. The van der Waals surface area contributed by atoms with E-state index in [4.69, 9.17) is 0 Å². The van der Waals surface area contributed by atoms with Gasteiger partial charge in [-0.2, -0.15) is 0 Å². The molecule has 20 heavy (non-hydrogen) atoms. The van der Waals surface area contributed by atoms with Gasteiger partial charge >= 0.3 is 0 Å². The van der Waals surface area contributed by atoms with Crippen LogP contribution in [0.4, 0.5) is 0 Å². The van der Waals surface area contributed by atoms with E-state index in [-0.39, 0.29) is 0 Å². The van der Waals surface area contributed by atoms with Gasteiger partial charge in [-0.15, -0.1) is 0 Å². The van der Waals surface area contributed by atoms with Crippen LogP contribution in [0.5, 0.6) is 0 Å². The summed E-state index contributed by atoms with van der Waals surface area (Å²) in [6.07, 6.45) is 15.7. The number of hydrogen-bond donors (Lipinski definition) is 1. The third-order valence-electron chi connectivity index (χ3n) is 6.37. The Kier molecular flexibility index (Phi) is 2.41. The summed E-state index contributed by atoms with van der Waals surface area (Å²) in [4.78, 5) is 4.37. The highest BCUT2D eigenvalue weighted by Gasteiger charge is 2.50. The molecule has 6 rings (SSSR count). The molecule has 1 N–H and O–H groups in total. The van der Waals surface area contributed by atoms with E-state index in [0.717, 1.165) is 30.3 Å². The zero-order chi connectivity index (χ0) is 13.2. The minimum Gasteiger partial charge on any atom is -0.330 e. The average Bonchev–Trinajstić information content (AvgIpc) is 3.14. The highest BCUT2D eigenvalue weighted by molar-refractivity contribution is 5.09. The SMILES string of the molecule is c1ncn(C2CC2)c1CNC12CC3CC(CC(C3)C1)C2. The molecule has 3 nitrogen and oxygen atoms in total. The number of aromatic nitrogens is 2. The van der Waals surface area contributed by atoms with Crippen LogP contribution in [-0.4, -0.2) is 15.1 Å². The minimum absolute atomic E-state index is 0.480. The van der Waals surface area contributed by atoms with Crippen molar-refractivity contribution >= 4 is 0 Å². The van der Waals surface area contributed by atoms with Crippen LogP contribution in [0.25, 0.3) is 0 Å². The van der Waals surface area contributed by atoms with Gasteiger partial charge in [0.1, 0.15) is 0 Å². The van der Waals surface area contributed by atoms with Crippen LogP contribution in [0.2, 0.25) is 0 Å². The molecule has 0 saturated heterocycles. The molecule has 1 heterocycles. The van der Waals surface area contributed by atoms with Crippen molar-refractivity contribution in [2.75, 3.05) is 0 Å². The molecule has 1 aromatic rings. The van der Waals surface area contributed by atoms with Crippen molar-refractivity contribution in [2.24, 2.45) is 17.8 Å². The fourth-order valence-corrected chi connectivity index (χ4v) is 5.76. The maximum atomic E-state index is 4.37. The van der Waals surface area contributed by atoms with E-state index in [9.17, 15) is 0 Å². The van der Waals surface area contributed by atoms with Crippen LogP contribution in [-0.2, 0) is 6.54 Å². The lowest BCUT2D eigenvalue weighted by molar-refractivity contribution is -0.0208. The van der Waals surface area contributed by atoms with Crippen LogP contribution in [0, 0.1) is 17.8 Å². The quantitative estimate of drug-likeness (QED) is 0.911. The summed E-state index contributed by atoms with van der Waals surface area (Å²) in [7, 11) is 0. The fraction of sp³-hybridized carbons (Fsp3) is 0.824. The van der Waals surface area contributed by atoms with Crippen molar-refractivity contribution in [3.05, 3.63) is 18.2 Å². The molecule has 0 atom stereocenters. The second-order valence-corrected chi connectivity index (χ2v) is 8.07. The van der Waals surface area contributed by atoms with E-state index < -0.39 is 0 Å². The largest absolute Gasteiger partial charge is 0.330 e. The van der Waals surface area contributed by atoms with Gasteiger partial charge in [0.25, 0.3) is 0 Å². The summed E-state index contributed by atoms with van der Waals surface area (Å²) in [5.74, 6) is 3.09. The van der Waals surface area contributed by atoms with E-state index in [1.165, 1.54) is 57.1 Å². The normalized spacial score (nSPS) is 42.3. The minimum atomic E-state index is 0.480. The third kappa shape index (κ3) is 1.86. The van der Waals surface area contributed by atoms with Gasteiger partial charge in [0.15, 0.2) is 0 Å². The summed E-state index contributed by atoms with van der Waals surface area (Å²) >= 11 is 0. The van der Waals surface area contributed by atoms with E-state index in [0.29, 0.717) is 5.54 Å². The first-order valence-corrected chi connectivity index (χ1v) is 8.55. The third-order valence-corrected chi connectivity index (χ3v) is 6.37. The summed E-state index contributed by atoms with van der Waals surface area (Å²) < 4.78 is 2.41. The van der Waals surface area contributed by atoms with Crippen LogP contribution < -0.4 is 5.32 Å². The number of hydrogen-bond acceptors (Lipinski definition) is 2. The van der Waals surface area contributed by atoms with Crippen molar-refractivity contribution < 1.29 is 0 Å². The molecule has 1 aromatic heterocycles. The molecule has 4 bridgehead atoms. The molecule has 0 unspecified atom stereocenters. The zero-order valence-corrected chi connectivity index (χ0v) is 12.2. The standard InChI is InChI=1S/C17H25N3/c1-2-15(1)20-11-18-9-16(20)10-19-17-6-12-3-13(7-17)5-14(4-12)8-17/h9,11-15,19H,1-8,10H2. The summed E-state index contributed by atoms with van der Waals surface area (Å²) in [5.41, 5.74) is 1.89. The molecule has 0 aromatic carbocycles. The van der Waals surface area contributed by atoms with Gasteiger partial charge in [0, 0.05) is 24.3 Å². The number of nitrogens with zero attached hydrogens (tertiary/aromatic N) is 2. The molecule has 5 aliphatic carbocycles. The predicted octanol–water partition coefficient (Wildman–Crippen LogP) is 3.28. The van der Waals surface area contributed by atoms with Gasteiger partial charge in [-0.1, -0.05) is 0 Å². The molecule has 0 spiro atoms. The summed E-state index contributed by atoms with van der Waals surface area (Å²) in [5, 5.41) is 3.99. The van der Waals surface area contributed by atoms with E-state index in [1.807, 2.05) is 6.33 Å². The van der Waals surface area contributed by atoms with E-state index in [2.05, 4.69) is 21.1 Å². The Morgan fingerprint density at radius 1 is 1.10 bits per heavy atom. The molecule has 3 heteroatoms. The fourth-order valence-electron chi connectivity index (χ4n) is 5.76. The van der Waals surface area contributed by atoms with Crippen molar-refractivity contribution in [1.29, 1.82) is 0 Å². The van der Waals surface area contributed by atoms with Crippen LogP contribution in [0.1, 0.15) is 63.1 Å². The molecule has 5 saturated carbocycles. The molecule has 5 aliphatic rings. The van der Waals surface area contributed by atoms with Gasteiger partial charge in [-0.3, -0.25) is 0 Å². The van der Waals surface area contributed by atoms with E-state index >= 15 is 0 Å². The first kappa shape index (κ1) is 11.8. The van der Waals surface area contributed by atoms with Crippen LogP contribution in [0.3, 0.4) is 0 Å². The molecule has 0 amide bonds. The number of imidazole rings is 1. The highest BCUT2D eigenvalue weighted by Crippen LogP contribution is 2.55. The Labute approximate surface area is 121 Å². The van der Waals surface area contributed by atoms with Crippen molar-refractivity contribution in [3.8, 4) is 0 Å². The topological polar surface area (TPSA) is 29.9 Å². The molecule has 108 valence electrons. The van der Waals surface area contributed by atoms with Gasteiger partial charge in [-0.05, 0) is 69.1 Å². The molecule has 0 radical (unpaired) electrons. The molecule has 0 aliphatic heterocycles. The highest BCUT2D eigenvalue weighted by atomic mass is 15.1. The maximum absolute atomic E-state index is 4.37. The number of rotatable bonds is 4. The van der Waals surface area contributed by atoms with E-state index in [1.54, 1.807) is 0 Å². The Morgan fingerprint density at radius 2 is 1.75 bits per heavy atom.